The predicted molar refractivity (Wildman–Crippen MR) is 78.6 cm³/mol. The summed E-state index contributed by atoms with van der Waals surface area (Å²) in [6.45, 7) is 0. The summed E-state index contributed by atoms with van der Waals surface area (Å²) in [5.74, 6) is -0.961. The van der Waals surface area contributed by atoms with Crippen molar-refractivity contribution in [3.8, 4) is 0 Å². The Hall–Kier alpha value is -1.72. The summed E-state index contributed by atoms with van der Waals surface area (Å²) < 4.78 is 14.2. The van der Waals surface area contributed by atoms with E-state index in [0.717, 1.165) is 4.47 Å². The normalized spacial score (nSPS) is 10.9. The molecule has 0 aliphatic rings. The Balaban J connectivity index is 2.18. The van der Waals surface area contributed by atoms with Gasteiger partial charge < -0.3 is 4.98 Å². The minimum Gasteiger partial charge on any atom is -0.345 e. The molecule has 3 nitrogen and oxygen atoms in total. The van der Waals surface area contributed by atoms with Gasteiger partial charge in [0.1, 0.15) is 11.5 Å². The van der Waals surface area contributed by atoms with Crippen molar-refractivity contribution in [1.82, 2.24) is 9.97 Å². The molecule has 0 aliphatic heterocycles. The lowest BCUT2D eigenvalue weighted by molar-refractivity contribution is 0.104. The third-order valence-electron chi connectivity index (χ3n) is 2.94. The number of carbonyl (C=O) groups excluding carboxylic acids is 1. The van der Waals surface area contributed by atoms with Crippen LogP contribution >= 0.6 is 27.5 Å². The first-order chi connectivity index (χ1) is 9.58. The second kappa shape index (κ2) is 5.00. The van der Waals surface area contributed by atoms with Crippen LogP contribution in [0.5, 0.6) is 0 Å². The van der Waals surface area contributed by atoms with Crippen LogP contribution in [-0.4, -0.2) is 15.8 Å². The number of aromatic amines is 1. The first kappa shape index (κ1) is 13.3. The maximum absolute atomic E-state index is 13.4. The predicted octanol–water partition coefficient (Wildman–Crippen LogP) is 4.35. The first-order valence-electron chi connectivity index (χ1n) is 5.69. The number of ketones is 1. The zero-order valence-electron chi connectivity index (χ0n) is 9.95. The SMILES string of the molecule is O=C(c1cccc(F)c1Cl)c1c[nH]c2ncc(Br)cc12. The summed E-state index contributed by atoms with van der Waals surface area (Å²) >= 11 is 9.17. The molecule has 0 amide bonds. The molecule has 0 saturated heterocycles. The average molecular weight is 354 g/mol. The number of pyridine rings is 1. The van der Waals surface area contributed by atoms with E-state index in [-0.39, 0.29) is 16.4 Å². The molecule has 0 unspecified atom stereocenters. The van der Waals surface area contributed by atoms with E-state index in [1.807, 2.05) is 0 Å². The van der Waals surface area contributed by atoms with Gasteiger partial charge in [-0.25, -0.2) is 9.37 Å². The molecule has 1 aromatic carbocycles. The van der Waals surface area contributed by atoms with Gasteiger partial charge in [0.05, 0.1) is 5.02 Å². The highest BCUT2D eigenvalue weighted by Gasteiger charge is 2.19. The minimum atomic E-state index is -0.614. The summed E-state index contributed by atoms with van der Waals surface area (Å²) in [5, 5.41) is 0.486. The highest BCUT2D eigenvalue weighted by atomic mass is 79.9. The number of H-pyrrole nitrogens is 1. The lowest BCUT2D eigenvalue weighted by Gasteiger charge is -2.03. The molecular formula is C14H7BrClFN2O. The Kier molecular flexibility index (Phi) is 3.31. The monoisotopic (exact) mass is 352 g/mol. The molecule has 0 bridgehead atoms. The van der Waals surface area contributed by atoms with Crippen LogP contribution in [0, 0.1) is 5.82 Å². The van der Waals surface area contributed by atoms with E-state index in [4.69, 9.17) is 11.6 Å². The molecule has 0 spiro atoms. The molecule has 3 aromatic rings. The van der Waals surface area contributed by atoms with E-state index in [9.17, 15) is 9.18 Å². The molecule has 6 heteroatoms. The highest BCUT2D eigenvalue weighted by Crippen LogP contribution is 2.27. The highest BCUT2D eigenvalue weighted by molar-refractivity contribution is 9.10. The van der Waals surface area contributed by atoms with Crippen molar-refractivity contribution in [2.75, 3.05) is 0 Å². The summed E-state index contributed by atoms with van der Waals surface area (Å²) in [6.07, 6.45) is 3.18. The molecule has 2 heterocycles. The smallest absolute Gasteiger partial charge is 0.196 e. The van der Waals surface area contributed by atoms with Gasteiger partial charge >= 0.3 is 0 Å². The first-order valence-corrected chi connectivity index (χ1v) is 6.86. The Morgan fingerprint density at radius 1 is 1.35 bits per heavy atom. The van der Waals surface area contributed by atoms with Gasteiger partial charge in [-0.05, 0) is 34.1 Å². The molecular weight excluding hydrogens is 347 g/mol. The zero-order chi connectivity index (χ0) is 14.3. The second-order valence-electron chi connectivity index (χ2n) is 4.18. The summed E-state index contributed by atoms with van der Waals surface area (Å²) in [5.41, 5.74) is 1.12. The van der Waals surface area contributed by atoms with Crippen LogP contribution < -0.4 is 0 Å². The number of rotatable bonds is 2. The third kappa shape index (κ3) is 2.13. The summed E-state index contributed by atoms with van der Waals surface area (Å²) in [7, 11) is 0. The fraction of sp³-hybridized carbons (Fsp3) is 0. The van der Waals surface area contributed by atoms with Crippen LogP contribution in [0.3, 0.4) is 0 Å². The Labute approximate surface area is 126 Å². The van der Waals surface area contributed by atoms with Gasteiger partial charge in [-0.3, -0.25) is 4.79 Å². The Morgan fingerprint density at radius 2 is 2.15 bits per heavy atom. The third-order valence-corrected chi connectivity index (χ3v) is 3.76. The molecule has 0 fully saturated rings. The van der Waals surface area contributed by atoms with Crippen molar-refractivity contribution >= 4 is 44.3 Å². The summed E-state index contributed by atoms with van der Waals surface area (Å²) in [4.78, 5) is 19.6. The van der Waals surface area contributed by atoms with Crippen molar-refractivity contribution in [2.24, 2.45) is 0 Å². The number of carbonyl (C=O) groups is 1. The van der Waals surface area contributed by atoms with Gasteiger partial charge in [0.2, 0.25) is 0 Å². The van der Waals surface area contributed by atoms with Crippen LogP contribution in [0.15, 0.2) is 41.1 Å². The molecule has 3 rings (SSSR count). The lowest BCUT2D eigenvalue weighted by Crippen LogP contribution is -2.02. The summed E-state index contributed by atoms with van der Waals surface area (Å²) in [6, 6.07) is 5.95. The van der Waals surface area contributed by atoms with Gasteiger partial charge in [0, 0.05) is 33.4 Å². The average Bonchev–Trinajstić information content (AvgIpc) is 2.84. The fourth-order valence-electron chi connectivity index (χ4n) is 1.99. The van der Waals surface area contributed by atoms with Crippen molar-refractivity contribution in [1.29, 1.82) is 0 Å². The molecule has 2 aromatic heterocycles. The Morgan fingerprint density at radius 3 is 2.95 bits per heavy atom. The molecule has 1 N–H and O–H groups in total. The molecule has 0 radical (unpaired) electrons. The quantitative estimate of drug-likeness (QED) is 0.696. The van der Waals surface area contributed by atoms with Crippen LogP contribution in [0.2, 0.25) is 5.02 Å². The molecule has 0 saturated carbocycles. The fourth-order valence-corrected chi connectivity index (χ4v) is 2.53. The van der Waals surface area contributed by atoms with E-state index in [0.29, 0.717) is 16.6 Å². The van der Waals surface area contributed by atoms with Crippen LogP contribution in [-0.2, 0) is 0 Å². The van der Waals surface area contributed by atoms with Gasteiger partial charge in [-0.15, -0.1) is 0 Å². The van der Waals surface area contributed by atoms with Gasteiger partial charge in [-0.2, -0.15) is 0 Å². The van der Waals surface area contributed by atoms with Gasteiger partial charge in [0.15, 0.2) is 5.78 Å². The van der Waals surface area contributed by atoms with E-state index in [1.165, 1.54) is 18.2 Å². The molecule has 100 valence electrons. The van der Waals surface area contributed by atoms with Crippen LogP contribution in [0.25, 0.3) is 11.0 Å². The van der Waals surface area contributed by atoms with E-state index < -0.39 is 5.82 Å². The number of hydrogen-bond acceptors (Lipinski definition) is 2. The standard InChI is InChI=1S/C14H7BrClFN2O/c15-7-4-9-10(6-19-14(9)18-5-7)13(20)8-2-1-3-11(17)12(8)16/h1-6H,(H,18,19). The topological polar surface area (TPSA) is 45.8 Å². The number of aromatic nitrogens is 2. The van der Waals surface area contributed by atoms with E-state index in [2.05, 4.69) is 25.9 Å². The van der Waals surface area contributed by atoms with Gasteiger partial charge in [-0.1, -0.05) is 17.7 Å². The number of hydrogen-bond donors (Lipinski definition) is 1. The van der Waals surface area contributed by atoms with E-state index in [1.54, 1.807) is 18.5 Å². The van der Waals surface area contributed by atoms with Gasteiger partial charge in [0.25, 0.3) is 0 Å². The number of nitrogens with zero attached hydrogens (tertiary/aromatic N) is 1. The van der Waals surface area contributed by atoms with Crippen molar-refractivity contribution < 1.29 is 9.18 Å². The Bertz CT molecular complexity index is 831. The molecule has 0 atom stereocenters. The van der Waals surface area contributed by atoms with Crippen molar-refractivity contribution in [2.45, 2.75) is 0 Å². The maximum Gasteiger partial charge on any atom is 0.196 e. The molecule has 0 aliphatic carbocycles. The van der Waals surface area contributed by atoms with Crippen molar-refractivity contribution in [3.63, 3.8) is 0 Å². The maximum atomic E-state index is 13.4. The lowest BCUT2D eigenvalue weighted by atomic mass is 10.0. The zero-order valence-corrected chi connectivity index (χ0v) is 12.3. The molecule has 20 heavy (non-hydrogen) atoms. The second-order valence-corrected chi connectivity index (χ2v) is 5.48. The van der Waals surface area contributed by atoms with E-state index >= 15 is 0 Å². The number of halogens is 3. The number of nitrogens with one attached hydrogen (secondary N) is 1. The number of benzene rings is 1. The largest absolute Gasteiger partial charge is 0.345 e. The van der Waals surface area contributed by atoms with Crippen LogP contribution in [0.1, 0.15) is 15.9 Å². The van der Waals surface area contributed by atoms with Crippen molar-refractivity contribution in [3.05, 3.63) is 63.1 Å². The van der Waals surface area contributed by atoms with Crippen LogP contribution in [0.4, 0.5) is 4.39 Å². The minimum absolute atomic E-state index is 0.132. The number of fused-ring (bicyclic) bond motifs is 1.